The van der Waals surface area contributed by atoms with Crippen LogP contribution >= 0.6 is 0 Å². The molecule has 0 heterocycles. The third kappa shape index (κ3) is 5.75. The lowest BCUT2D eigenvalue weighted by Gasteiger charge is -2.37. The molecule has 1 heteroatoms. The quantitative estimate of drug-likeness (QED) is 0.303. The van der Waals surface area contributed by atoms with Gasteiger partial charge < -0.3 is 4.48 Å². The van der Waals surface area contributed by atoms with Gasteiger partial charge in [0.15, 0.2) is 0 Å². The van der Waals surface area contributed by atoms with Crippen molar-refractivity contribution in [3.63, 3.8) is 0 Å². The maximum atomic E-state index is 3.96. The summed E-state index contributed by atoms with van der Waals surface area (Å²) in [6.07, 6.45) is 9.38. The molecule has 0 bridgehead atoms. The summed E-state index contributed by atoms with van der Waals surface area (Å²) in [5.74, 6) is 0. The van der Waals surface area contributed by atoms with E-state index in [1.807, 2.05) is 0 Å². The molecular weight excluding hydrogens is 242 g/mol. The zero-order valence-corrected chi connectivity index (χ0v) is 13.1. The van der Waals surface area contributed by atoms with Gasteiger partial charge in [-0.1, -0.05) is 63.3 Å². The van der Waals surface area contributed by atoms with Crippen LogP contribution in [0.5, 0.6) is 0 Å². The van der Waals surface area contributed by atoms with Gasteiger partial charge in [-0.25, -0.2) is 0 Å². The molecule has 1 aromatic carbocycles. The summed E-state index contributed by atoms with van der Waals surface area (Å²) in [5.41, 5.74) is 1.41. The van der Waals surface area contributed by atoms with Crippen LogP contribution in [0.4, 0.5) is 0 Å². The summed E-state index contributed by atoms with van der Waals surface area (Å²) < 4.78 is 1.06. The Morgan fingerprint density at radius 1 is 0.950 bits per heavy atom. The van der Waals surface area contributed by atoms with E-state index >= 15 is 0 Å². The maximum Gasteiger partial charge on any atom is 0.105 e. The van der Waals surface area contributed by atoms with Gasteiger partial charge in [-0.15, -0.1) is 0 Å². The van der Waals surface area contributed by atoms with Crippen molar-refractivity contribution in [1.82, 2.24) is 0 Å². The highest BCUT2D eigenvalue weighted by atomic mass is 15.3. The molecule has 1 rings (SSSR count). The number of hydrogen-bond acceptors (Lipinski definition) is 0. The third-order valence-electron chi connectivity index (χ3n) is 3.88. The Morgan fingerprint density at radius 3 is 2.15 bits per heavy atom. The van der Waals surface area contributed by atoms with Gasteiger partial charge in [-0.2, -0.15) is 0 Å². The zero-order valence-electron chi connectivity index (χ0n) is 13.1. The highest BCUT2D eigenvalue weighted by Gasteiger charge is 2.24. The largest absolute Gasteiger partial charge is 0.313 e. The second-order valence-electron chi connectivity index (χ2n) is 5.71. The molecule has 1 nitrogen and oxygen atoms in total. The van der Waals surface area contributed by atoms with Crippen molar-refractivity contribution >= 4 is 0 Å². The molecule has 0 spiro atoms. The molecule has 0 N–H and O–H groups in total. The lowest BCUT2D eigenvalue weighted by atomic mass is 10.1. The Balaban J connectivity index is 2.74. The Morgan fingerprint density at radius 2 is 1.60 bits per heavy atom. The van der Waals surface area contributed by atoms with Gasteiger partial charge in [0.25, 0.3) is 0 Å². The van der Waals surface area contributed by atoms with Crippen LogP contribution < -0.4 is 0 Å². The van der Waals surface area contributed by atoms with Gasteiger partial charge in [0, 0.05) is 5.56 Å². The van der Waals surface area contributed by atoms with E-state index in [9.17, 15) is 0 Å². The summed E-state index contributed by atoms with van der Waals surface area (Å²) >= 11 is 0. The Bertz CT molecular complexity index is 370. The number of rotatable bonds is 11. The van der Waals surface area contributed by atoms with Crippen molar-refractivity contribution in [3.05, 3.63) is 61.2 Å². The first-order valence-corrected chi connectivity index (χ1v) is 7.87. The van der Waals surface area contributed by atoms with E-state index in [1.165, 1.54) is 37.8 Å². The van der Waals surface area contributed by atoms with Crippen molar-refractivity contribution in [3.8, 4) is 0 Å². The zero-order chi connectivity index (χ0) is 14.7. The van der Waals surface area contributed by atoms with Crippen molar-refractivity contribution < 1.29 is 4.48 Å². The molecule has 0 fully saturated rings. The van der Waals surface area contributed by atoms with Crippen molar-refractivity contribution in [2.45, 2.75) is 39.2 Å². The topological polar surface area (TPSA) is 0 Å². The summed E-state index contributed by atoms with van der Waals surface area (Å²) in [4.78, 5) is 0. The number of unbranched alkanes of at least 4 members (excludes halogenated alkanes) is 3. The van der Waals surface area contributed by atoms with Crippen LogP contribution in [0.1, 0.15) is 38.2 Å². The van der Waals surface area contributed by atoms with Crippen LogP contribution in [-0.2, 0) is 6.54 Å². The molecule has 20 heavy (non-hydrogen) atoms. The van der Waals surface area contributed by atoms with E-state index in [0.717, 1.165) is 24.1 Å². The van der Waals surface area contributed by atoms with Crippen LogP contribution in [0.2, 0.25) is 0 Å². The van der Waals surface area contributed by atoms with Gasteiger partial charge >= 0.3 is 0 Å². The van der Waals surface area contributed by atoms with E-state index in [0.29, 0.717) is 0 Å². The predicted molar refractivity (Wildman–Crippen MR) is 89.5 cm³/mol. The minimum Gasteiger partial charge on any atom is -0.313 e. The maximum absolute atomic E-state index is 3.96. The molecule has 0 aliphatic rings. The third-order valence-corrected chi connectivity index (χ3v) is 3.88. The Kier molecular flexibility index (Phi) is 7.98. The molecule has 0 amide bonds. The first-order chi connectivity index (χ1) is 9.76. The molecule has 0 atom stereocenters. The standard InChI is InChI=1S/C19H30N/c1-4-7-8-12-17-20(15-5-2,16-6-3)18-19-13-10-9-11-14-19/h5-6,9-11,13-14H,2-4,7-8,12,15-18H2,1H3/q+1. The van der Waals surface area contributed by atoms with Crippen LogP contribution in [-0.4, -0.2) is 24.1 Å². The second-order valence-corrected chi connectivity index (χ2v) is 5.71. The monoisotopic (exact) mass is 272 g/mol. The first-order valence-electron chi connectivity index (χ1n) is 7.87. The number of nitrogens with zero attached hydrogens (tertiary/aromatic N) is 1. The fourth-order valence-electron chi connectivity index (χ4n) is 2.86. The van der Waals surface area contributed by atoms with Gasteiger partial charge in [0.05, 0.1) is 19.6 Å². The summed E-state index contributed by atoms with van der Waals surface area (Å²) in [6, 6.07) is 10.8. The summed E-state index contributed by atoms with van der Waals surface area (Å²) in [7, 11) is 0. The molecular formula is C19H30N+. The molecule has 0 saturated heterocycles. The SMILES string of the molecule is C=CC[N+](CC=C)(CCCCCC)Cc1ccccc1. The van der Waals surface area contributed by atoms with E-state index in [4.69, 9.17) is 0 Å². The molecule has 110 valence electrons. The smallest absolute Gasteiger partial charge is 0.105 e. The molecule has 0 saturated carbocycles. The van der Waals surface area contributed by atoms with Gasteiger partial charge in [0.2, 0.25) is 0 Å². The van der Waals surface area contributed by atoms with E-state index in [2.05, 4.69) is 62.6 Å². The minimum atomic E-state index is 1.02. The highest BCUT2D eigenvalue weighted by molar-refractivity contribution is 5.13. The number of quaternary nitrogens is 1. The number of hydrogen-bond donors (Lipinski definition) is 0. The van der Waals surface area contributed by atoms with Crippen molar-refractivity contribution in [1.29, 1.82) is 0 Å². The van der Waals surface area contributed by atoms with Crippen LogP contribution in [0, 0.1) is 0 Å². The minimum absolute atomic E-state index is 1.02. The molecule has 0 aliphatic heterocycles. The summed E-state index contributed by atoms with van der Waals surface area (Å²) in [6.45, 7) is 14.5. The predicted octanol–water partition coefficient (Wildman–Crippen LogP) is 4.96. The Hall–Kier alpha value is -1.34. The average Bonchev–Trinajstić information content (AvgIpc) is 2.45. The molecule has 0 radical (unpaired) electrons. The molecule has 0 aromatic heterocycles. The fourth-order valence-corrected chi connectivity index (χ4v) is 2.86. The van der Waals surface area contributed by atoms with Crippen LogP contribution in [0.3, 0.4) is 0 Å². The first kappa shape index (κ1) is 16.7. The fraction of sp³-hybridized carbons (Fsp3) is 0.474. The average molecular weight is 272 g/mol. The van der Waals surface area contributed by atoms with Gasteiger partial charge in [-0.05, 0) is 25.0 Å². The van der Waals surface area contributed by atoms with E-state index < -0.39 is 0 Å². The van der Waals surface area contributed by atoms with Crippen molar-refractivity contribution in [2.75, 3.05) is 19.6 Å². The summed E-state index contributed by atoms with van der Waals surface area (Å²) in [5, 5.41) is 0. The lowest BCUT2D eigenvalue weighted by molar-refractivity contribution is -0.930. The van der Waals surface area contributed by atoms with E-state index in [1.54, 1.807) is 0 Å². The van der Waals surface area contributed by atoms with Gasteiger partial charge in [0.1, 0.15) is 6.54 Å². The lowest BCUT2D eigenvalue weighted by Crippen LogP contribution is -2.48. The van der Waals surface area contributed by atoms with E-state index in [-0.39, 0.29) is 0 Å². The van der Waals surface area contributed by atoms with Crippen molar-refractivity contribution in [2.24, 2.45) is 0 Å². The molecule has 0 aliphatic carbocycles. The van der Waals surface area contributed by atoms with Crippen LogP contribution in [0.25, 0.3) is 0 Å². The second kappa shape index (κ2) is 9.55. The van der Waals surface area contributed by atoms with Crippen LogP contribution in [0.15, 0.2) is 55.6 Å². The highest BCUT2D eigenvalue weighted by Crippen LogP contribution is 2.17. The number of benzene rings is 1. The normalized spacial score (nSPS) is 11.2. The Labute approximate surface area is 125 Å². The molecule has 1 aromatic rings. The molecule has 0 unspecified atom stereocenters. The van der Waals surface area contributed by atoms with Gasteiger partial charge in [-0.3, -0.25) is 0 Å².